The molecule has 2 aromatic heterocycles. The zero-order valence-electron chi connectivity index (χ0n) is 14.9. The molecule has 0 aliphatic rings. The molecule has 0 saturated carbocycles. The highest BCUT2D eigenvalue weighted by molar-refractivity contribution is 7.99. The molecule has 3 aromatic rings. The Hall–Kier alpha value is -2.02. The first-order valence-corrected chi connectivity index (χ1v) is 9.91. The standard InChI is InChI=1S/C19H19Cl2N5S/c1-12(2)18-19(27-16-7-14(20)6-15(21)8-16)26(17(25-18)10-24-22)11-13-4-3-5-23-9-13/h3-10,12H,11,22H2,1-2H3. The Bertz CT molecular complexity index is 934. The lowest BCUT2D eigenvalue weighted by Crippen LogP contribution is -2.07. The summed E-state index contributed by atoms with van der Waals surface area (Å²) < 4.78 is 2.09. The van der Waals surface area contributed by atoms with E-state index in [1.807, 2.05) is 30.5 Å². The van der Waals surface area contributed by atoms with Gasteiger partial charge in [-0.3, -0.25) is 4.98 Å². The number of hydrogen-bond donors (Lipinski definition) is 1. The second-order valence-electron chi connectivity index (χ2n) is 6.25. The van der Waals surface area contributed by atoms with Gasteiger partial charge in [0.15, 0.2) is 5.82 Å². The van der Waals surface area contributed by atoms with Gasteiger partial charge in [0.2, 0.25) is 0 Å². The summed E-state index contributed by atoms with van der Waals surface area (Å²) in [5.41, 5.74) is 2.03. The number of halogens is 2. The maximum Gasteiger partial charge on any atom is 0.154 e. The smallest absolute Gasteiger partial charge is 0.154 e. The van der Waals surface area contributed by atoms with Crippen LogP contribution in [-0.4, -0.2) is 20.7 Å². The SMILES string of the molecule is CC(C)c1nc(C=NN)n(Cc2cccnc2)c1Sc1cc(Cl)cc(Cl)c1. The van der Waals surface area contributed by atoms with Crippen LogP contribution < -0.4 is 5.84 Å². The fraction of sp³-hybridized carbons (Fsp3) is 0.211. The van der Waals surface area contributed by atoms with E-state index in [-0.39, 0.29) is 5.92 Å². The van der Waals surface area contributed by atoms with Crippen molar-refractivity contribution in [2.45, 2.75) is 36.2 Å². The number of aromatic nitrogens is 3. The second-order valence-corrected chi connectivity index (χ2v) is 8.18. The van der Waals surface area contributed by atoms with Gasteiger partial charge in [-0.15, -0.1) is 0 Å². The Kier molecular flexibility index (Phi) is 6.42. The lowest BCUT2D eigenvalue weighted by atomic mass is 10.1. The first-order chi connectivity index (χ1) is 13.0. The van der Waals surface area contributed by atoms with E-state index in [1.54, 1.807) is 30.2 Å². The summed E-state index contributed by atoms with van der Waals surface area (Å²) in [5, 5.41) is 5.87. The van der Waals surface area contributed by atoms with E-state index in [9.17, 15) is 0 Å². The van der Waals surface area contributed by atoms with Crippen LogP contribution in [-0.2, 0) is 6.54 Å². The van der Waals surface area contributed by atoms with Gasteiger partial charge in [-0.25, -0.2) is 4.98 Å². The molecule has 8 heteroatoms. The van der Waals surface area contributed by atoms with Gasteiger partial charge in [-0.2, -0.15) is 5.10 Å². The van der Waals surface area contributed by atoms with Crippen molar-refractivity contribution in [3.8, 4) is 0 Å². The molecule has 2 N–H and O–H groups in total. The van der Waals surface area contributed by atoms with Crippen LogP contribution in [0.3, 0.4) is 0 Å². The Balaban J connectivity index is 2.10. The minimum Gasteiger partial charge on any atom is -0.323 e. The minimum atomic E-state index is 0.224. The maximum absolute atomic E-state index is 6.18. The molecule has 0 amide bonds. The molecule has 0 atom stereocenters. The molecule has 5 nitrogen and oxygen atoms in total. The highest BCUT2D eigenvalue weighted by atomic mass is 35.5. The van der Waals surface area contributed by atoms with Crippen molar-refractivity contribution in [3.05, 3.63) is 69.9 Å². The van der Waals surface area contributed by atoms with Crippen molar-refractivity contribution in [1.29, 1.82) is 0 Å². The van der Waals surface area contributed by atoms with Crippen molar-refractivity contribution in [2.24, 2.45) is 10.9 Å². The lowest BCUT2D eigenvalue weighted by Gasteiger charge is -2.13. The first kappa shape index (κ1) is 19.7. The highest BCUT2D eigenvalue weighted by Crippen LogP contribution is 2.37. The molecule has 140 valence electrons. The number of benzene rings is 1. The number of nitrogens with two attached hydrogens (primary N) is 1. The third-order valence-corrected chi connectivity index (χ3v) is 5.36. The van der Waals surface area contributed by atoms with Gasteiger partial charge in [-0.1, -0.05) is 54.9 Å². The molecule has 2 heterocycles. The average Bonchev–Trinajstić information content (AvgIpc) is 2.93. The molecule has 0 unspecified atom stereocenters. The molecule has 27 heavy (non-hydrogen) atoms. The number of nitrogens with zero attached hydrogens (tertiary/aromatic N) is 4. The van der Waals surface area contributed by atoms with Crippen LogP contribution in [0.15, 0.2) is 57.7 Å². The fourth-order valence-electron chi connectivity index (χ4n) is 2.65. The average molecular weight is 420 g/mol. The van der Waals surface area contributed by atoms with Crippen molar-refractivity contribution < 1.29 is 0 Å². The van der Waals surface area contributed by atoms with Crippen LogP contribution >= 0.6 is 35.0 Å². The molecule has 0 bridgehead atoms. The van der Waals surface area contributed by atoms with Crippen LogP contribution in [0, 0.1) is 0 Å². The Labute approximate surface area is 172 Å². The highest BCUT2D eigenvalue weighted by Gasteiger charge is 2.20. The zero-order valence-corrected chi connectivity index (χ0v) is 17.3. The molecule has 0 fully saturated rings. The second kappa shape index (κ2) is 8.78. The van der Waals surface area contributed by atoms with Crippen LogP contribution in [0.5, 0.6) is 0 Å². The van der Waals surface area contributed by atoms with E-state index in [0.29, 0.717) is 22.4 Å². The molecular weight excluding hydrogens is 401 g/mol. The Morgan fingerprint density at radius 3 is 2.59 bits per heavy atom. The fourth-order valence-corrected chi connectivity index (χ4v) is 4.55. The van der Waals surface area contributed by atoms with Crippen LogP contribution in [0.1, 0.15) is 36.8 Å². The van der Waals surface area contributed by atoms with Crippen LogP contribution in [0.4, 0.5) is 0 Å². The lowest BCUT2D eigenvalue weighted by molar-refractivity contribution is 0.702. The van der Waals surface area contributed by atoms with Crippen molar-refractivity contribution in [1.82, 2.24) is 14.5 Å². The van der Waals surface area contributed by atoms with Gasteiger partial charge in [0.1, 0.15) is 5.03 Å². The van der Waals surface area contributed by atoms with Crippen molar-refractivity contribution >= 4 is 41.2 Å². The minimum absolute atomic E-state index is 0.224. The molecule has 0 saturated heterocycles. The third kappa shape index (κ3) is 4.83. The molecule has 0 radical (unpaired) electrons. The summed E-state index contributed by atoms with van der Waals surface area (Å²) in [6.45, 7) is 4.82. The molecular formula is C19H19Cl2N5S. The van der Waals surface area contributed by atoms with Crippen molar-refractivity contribution in [2.75, 3.05) is 0 Å². The topological polar surface area (TPSA) is 69.1 Å². The van der Waals surface area contributed by atoms with Gasteiger partial charge < -0.3 is 10.4 Å². The normalized spacial score (nSPS) is 11.6. The van der Waals surface area contributed by atoms with Crippen LogP contribution in [0.2, 0.25) is 10.0 Å². The zero-order chi connectivity index (χ0) is 19.4. The molecule has 0 spiro atoms. The number of imidazole rings is 1. The summed E-state index contributed by atoms with van der Waals surface area (Å²) in [7, 11) is 0. The van der Waals surface area contributed by atoms with Gasteiger partial charge >= 0.3 is 0 Å². The van der Waals surface area contributed by atoms with E-state index >= 15 is 0 Å². The largest absolute Gasteiger partial charge is 0.323 e. The number of pyridine rings is 1. The maximum atomic E-state index is 6.18. The summed E-state index contributed by atoms with van der Waals surface area (Å²) in [5.74, 6) is 6.33. The quantitative estimate of drug-likeness (QED) is 0.338. The summed E-state index contributed by atoms with van der Waals surface area (Å²) in [6, 6.07) is 9.43. The number of hydrogen-bond acceptors (Lipinski definition) is 5. The summed E-state index contributed by atoms with van der Waals surface area (Å²) in [6.07, 6.45) is 5.16. The molecule has 1 aromatic carbocycles. The van der Waals surface area contributed by atoms with Gasteiger partial charge in [0.25, 0.3) is 0 Å². The summed E-state index contributed by atoms with van der Waals surface area (Å²) >= 11 is 13.9. The Morgan fingerprint density at radius 2 is 2.00 bits per heavy atom. The number of hydrazone groups is 1. The predicted octanol–water partition coefficient (Wildman–Crippen LogP) is 5.20. The van der Waals surface area contributed by atoms with Gasteiger partial charge in [0, 0.05) is 27.3 Å². The van der Waals surface area contributed by atoms with E-state index in [2.05, 4.69) is 28.5 Å². The van der Waals surface area contributed by atoms with E-state index in [0.717, 1.165) is 21.2 Å². The Morgan fingerprint density at radius 1 is 1.26 bits per heavy atom. The van der Waals surface area contributed by atoms with E-state index in [4.69, 9.17) is 34.0 Å². The number of rotatable bonds is 6. The van der Waals surface area contributed by atoms with E-state index in [1.165, 1.54) is 0 Å². The first-order valence-electron chi connectivity index (χ1n) is 8.34. The predicted molar refractivity (Wildman–Crippen MR) is 112 cm³/mol. The van der Waals surface area contributed by atoms with Crippen molar-refractivity contribution in [3.63, 3.8) is 0 Å². The van der Waals surface area contributed by atoms with Gasteiger partial charge in [0.05, 0.1) is 18.5 Å². The van der Waals surface area contributed by atoms with Crippen LogP contribution in [0.25, 0.3) is 0 Å². The third-order valence-electron chi connectivity index (χ3n) is 3.83. The summed E-state index contributed by atoms with van der Waals surface area (Å²) in [4.78, 5) is 9.91. The molecule has 0 aliphatic heterocycles. The van der Waals surface area contributed by atoms with E-state index < -0.39 is 0 Å². The molecule has 0 aliphatic carbocycles. The monoisotopic (exact) mass is 419 g/mol. The van der Waals surface area contributed by atoms with Gasteiger partial charge in [-0.05, 0) is 35.7 Å². The molecule has 3 rings (SSSR count).